The zero-order valence-corrected chi connectivity index (χ0v) is 19.2. The van der Waals surface area contributed by atoms with Crippen LogP contribution in [0.1, 0.15) is 72.1 Å². The van der Waals surface area contributed by atoms with Crippen LogP contribution in [0.3, 0.4) is 0 Å². The average Bonchev–Trinajstić information content (AvgIpc) is 3.23. The second kappa shape index (κ2) is 6.68. The standard InChI is InChI=1S/C27H41NO2/c1-15-11-24-25(28-14-15)17(3)27(30-24)10-8-20-21-6-5-18-12-19(29)7-9-26(18,4)23(21)13-22(20)16(27)2/h5,15,17,19-25,28-29H,2,6-14H2,1,3-4H3/t15-,17+,19-,20-,21-,22+,23-,24+,25-,26-,27-/m0/s1. The number of aliphatic hydroxyl groups is 1. The lowest BCUT2D eigenvalue weighted by atomic mass is 9.56. The lowest BCUT2D eigenvalue weighted by Gasteiger charge is -2.49. The van der Waals surface area contributed by atoms with Gasteiger partial charge < -0.3 is 15.2 Å². The molecule has 2 N–H and O–H groups in total. The molecule has 6 rings (SSSR count). The number of ether oxygens (including phenoxy) is 1. The Balaban J connectivity index is 1.28. The van der Waals surface area contributed by atoms with Crippen molar-refractivity contribution in [3.63, 3.8) is 0 Å². The van der Waals surface area contributed by atoms with Gasteiger partial charge in [-0.05, 0) is 98.5 Å². The molecule has 0 aromatic heterocycles. The molecule has 0 aromatic rings. The maximum absolute atomic E-state index is 10.3. The van der Waals surface area contributed by atoms with Crippen molar-refractivity contribution in [3.8, 4) is 0 Å². The van der Waals surface area contributed by atoms with Crippen LogP contribution in [0.2, 0.25) is 0 Å². The maximum Gasteiger partial charge on any atom is 0.0937 e. The van der Waals surface area contributed by atoms with Crippen molar-refractivity contribution in [2.75, 3.05) is 6.54 Å². The molecule has 3 saturated carbocycles. The molecule has 2 heterocycles. The minimum Gasteiger partial charge on any atom is -0.393 e. The molecule has 11 atom stereocenters. The van der Waals surface area contributed by atoms with E-state index in [1.165, 1.54) is 37.7 Å². The normalized spacial score (nSPS) is 57.4. The Kier molecular flexibility index (Phi) is 4.46. The SMILES string of the molecule is C=C1[C@H]2C[C@H]3[C@@H](CC=C4C[C@@H](O)CC[C@@]43C)[C@@H]2CC[C@]12O[C@@H]1C[C@H](C)CN[C@H]1[C@H]2C. The first-order chi connectivity index (χ1) is 14.3. The number of rotatable bonds is 0. The Hall–Kier alpha value is -0.640. The van der Waals surface area contributed by atoms with E-state index in [-0.39, 0.29) is 11.7 Å². The summed E-state index contributed by atoms with van der Waals surface area (Å²) in [7, 11) is 0. The van der Waals surface area contributed by atoms with Gasteiger partial charge in [0.2, 0.25) is 0 Å². The summed E-state index contributed by atoms with van der Waals surface area (Å²) in [5.74, 6) is 4.23. The summed E-state index contributed by atoms with van der Waals surface area (Å²) in [5, 5.41) is 14.1. The molecule has 0 radical (unpaired) electrons. The Labute approximate surface area is 182 Å². The summed E-state index contributed by atoms with van der Waals surface area (Å²) < 4.78 is 6.99. The Morgan fingerprint density at radius 1 is 1.17 bits per heavy atom. The summed E-state index contributed by atoms with van der Waals surface area (Å²) in [5.41, 5.74) is 3.22. The molecule has 4 aliphatic carbocycles. The van der Waals surface area contributed by atoms with Gasteiger partial charge in [-0.15, -0.1) is 0 Å². The fourth-order valence-corrected chi connectivity index (χ4v) is 9.24. The third-order valence-electron chi connectivity index (χ3n) is 10.9. The van der Waals surface area contributed by atoms with E-state index in [4.69, 9.17) is 11.3 Å². The van der Waals surface area contributed by atoms with Gasteiger partial charge in [-0.25, -0.2) is 0 Å². The van der Waals surface area contributed by atoms with Gasteiger partial charge in [0.1, 0.15) is 0 Å². The molecule has 3 heteroatoms. The van der Waals surface area contributed by atoms with Crippen LogP contribution in [0.25, 0.3) is 0 Å². The molecule has 0 unspecified atom stereocenters. The lowest BCUT2D eigenvalue weighted by molar-refractivity contribution is -0.0684. The van der Waals surface area contributed by atoms with E-state index in [0.717, 1.165) is 43.6 Å². The molecule has 3 nitrogen and oxygen atoms in total. The number of hydrogen-bond acceptors (Lipinski definition) is 3. The van der Waals surface area contributed by atoms with Crippen molar-refractivity contribution in [2.45, 2.75) is 96.0 Å². The van der Waals surface area contributed by atoms with Gasteiger partial charge in [-0.3, -0.25) is 0 Å². The summed E-state index contributed by atoms with van der Waals surface area (Å²) in [6.07, 6.45) is 12.0. The van der Waals surface area contributed by atoms with Crippen LogP contribution >= 0.6 is 0 Å². The zero-order valence-electron chi connectivity index (χ0n) is 19.2. The highest BCUT2D eigenvalue weighted by Gasteiger charge is 2.63. The van der Waals surface area contributed by atoms with Gasteiger partial charge in [-0.1, -0.05) is 39.0 Å². The van der Waals surface area contributed by atoms with Crippen molar-refractivity contribution in [1.82, 2.24) is 5.32 Å². The van der Waals surface area contributed by atoms with Crippen LogP contribution in [0.15, 0.2) is 23.8 Å². The van der Waals surface area contributed by atoms with Crippen molar-refractivity contribution < 1.29 is 9.84 Å². The molecule has 6 aliphatic rings. The second-order valence-electron chi connectivity index (χ2n) is 12.2. The number of allylic oxidation sites excluding steroid dienone is 1. The quantitative estimate of drug-likeness (QED) is 0.560. The van der Waals surface area contributed by atoms with E-state index in [1.54, 1.807) is 5.57 Å². The second-order valence-corrected chi connectivity index (χ2v) is 12.2. The smallest absolute Gasteiger partial charge is 0.0937 e. The van der Waals surface area contributed by atoms with Crippen molar-refractivity contribution in [1.29, 1.82) is 0 Å². The van der Waals surface area contributed by atoms with Gasteiger partial charge in [0.25, 0.3) is 0 Å². The van der Waals surface area contributed by atoms with Gasteiger partial charge in [0.05, 0.1) is 17.8 Å². The van der Waals surface area contributed by atoms with Crippen LogP contribution in [-0.4, -0.2) is 35.5 Å². The molecule has 0 aromatic carbocycles. The van der Waals surface area contributed by atoms with Gasteiger partial charge in [0, 0.05) is 12.0 Å². The van der Waals surface area contributed by atoms with Crippen LogP contribution < -0.4 is 5.32 Å². The first-order valence-corrected chi connectivity index (χ1v) is 12.8. The molecule has 5 fully saturated rings. The minimum atomic E-state index is -0.117. The van der Waals surface area contributed by atoms with Crippen LogP contribution in [0, 0.1) is 40.9 Å². The van der Waals surface area contributed by atoms with E-state index in [1.807, 2.05) is 0 Å². The molecule has 2 aliphatic heterocycles. The molecular weight excluding hydrogens is 370 g/mol. The summed E-state index contributed by atoms with van der Waals surface area (Å²) in [6.45, 7) is 13.2. The third-order valence-corrected chi connectivity index (χ3v) is 10.9. The van der Waals surface area contributed by atoms with E-state index in [9.17, 15) is 5.11 Å². The molecule has 2 saturated heterocycles. The molecule has 30 heavy (non-hydrogen) atoms. The van der Waals surface area contributed by atoms with E-state index >= 15 is 0 Å². The lowest BCUT2D eigenvalue weighted by Crippen LogP contribution is -2.50. The average molecular weight is 412 g/mol. The zero-order chi connectivity index (χ0) is 20.8. The summed E-state index contributed by atoms with van der Waals surface area (Å²) >= 11 is 0. The minimum absolute atomic E-state index is 0.0963. The number of nitrogens with one attached hydrogen (secondary N) is 1. The topological polar surface area (TPSA) is 41.5 Å². The van der Waals surface area contributed by atoms with Crippen molar-refractivity contribution >= 4 is 0 Å². The molecule has 0 bridgehead atoms. The maximum atomic E-state index is 10.3. The first-order valence-electron chi connectivity index (χ1n) is 12.8. The monoisotopic (exact) mass is 411 g/mol. The first kappa shape index (κ1) is 20.0. The van der Waals surface area contributed by atoms with E-state index in [2.05, 4.69) is 32.2 Å². The highest BCUT2D eigenvalue weighted by molar-refractivity contribution is 5.32. The summed E-state index contributed by atoms with van der Waals surface area (Å²) in [4.78, 5) is 0. The summed E-state index contributed by atoms with van der Waals surface area (Å²) in [6, 6.07) is 0.504. The number of hydrogen-bond donors (Lipinski definition) is 2. The Morgan fingerprint density at radius 2 is 2.00 bits per heavy atom. The number of piperidine rings is 1. The van der Waals surface area contributed by atoms with E-state index < -0.39 is 0 Å². The number of fused-ring (bicyclic) bond motifs is 6. The Bertz CT molecular complexity index is 775. The number of aliphatic hydroxyl groups excluding tert-OH is 1. The van der Waals surface area contributed by atoms with Gasteiger partial charge in [0.15, 0.2) is 0 Å². The predicted octanol–water partition coefficient (Wildman–Crippen LogP) is 4.86. The van der Waals surface area contributed by atoms with Crippen molar-refractivity contribution in [2.24, 2.45) is 40.9 Å². The fourth-order valence-electron chi connectivity index (χ4n) is 9.24. The fraction of sp³-hybridized carbons (Fsp3) is 0.852. The third kappa shape index (κ3) is 2.55. The predicted molar refractivity (Wildman–Crippen MR) is 120 cm³/mol. The molecule has 0 amide bonds. The molecular formula is C27H41NO2. The largest absolute Gasteiger partial charge is 0.393 e. The van der Waals surface area contributed by atoms with E-state index in [0.29, 0.717) is 35.3 Å². The van der Waals surface area contributed by atoms with Crippen LogP contribution in [0.5, 0.6) is 0 Å². The van der Waals surface area contributed by atoms with Gasteiger partial charge >= 0.3 is 0 Å². The molecule has 1 spiro atoms. The Morgan fingerprint density at radius 3 is 2.83 bits per heavy atom. The van der Waals surface area contributed by atoms with Crippen LogP contribution in [0.4, 0.5) is 0 Å². The molecule has 166 valence electrons. The van der Waals surface area contributed by atoms with Crippen molar-refractivity contribution in [3.05, 3.63) is 23.8 Å². The van der Waals surface area contributed by atoms with Gasteiger partial charge in [-0.2, -0.15) is 0 Å². The highest BCUT2D eigenvalue weighted by atomic mass is 16.5. The van der Waals surface area contributed by atoms with Crippen LogP contribution in [-0.2, 0) is 4.74 Å². The highest BCUT2D eigenvalue weighted by Crippen LogP contribution is 2.66.